The maximum atomic E-state index is 13.0. The number of halogens is 3. The van der Waals surface area contributed by atoms with Crippen molar-refractivity contribution in [3.63, 3.8) is 0 Å². The van der Waals surface area contributed by atoms with Gasteiger partial charge >= 0.3 is 6.18 Å². The minimum Gasteiger partial charge on any atom is -0.472 e. The molecular formula is C20H22F3N3O2. The number of nitrogens with two attached hydrogens (primary N) is 1. The number of ether oxygens (including phenoxy) is 1. The predicted octanol–water partition coefficient (Wildman–Crippen LogP) is 3.17. The standard InChI is InChI=1S/C20H22F3N3O2/c21-20(22,23)17-9-15(12-24)10-18(25-17)28-16-7-4-8-26(13-16)19(27)11-14-5-2-1-3-6-14/h1-3,5-6,9-10,16H,4,7-8,11-13,24H2/t16-/m0/s1. The maximum Gasteiger partial charge on any atom is 0.433 e. The van der Waals surface area contributed by atoms with E-state index < -0.39 is 18.0 Å². The highest BCUT2D eigenvalue weighted by molar-refractivity contribution is 5.78. The molecule has 2 N–H and O–H groups in total. The van der Waals surface area contributed by atoms with Crippen molar-refractivity contribution in [2.75, 3.05) is 13.1 Å². The normalized spacial score (nSPS) is 17.4. The summed E-state index contributed by atoms with van der Waals surface area (Å²) < 4.78 is 44.8. The first kappa shape index (κ1) is 20.1. The van der Waals surface area contributed by atoms with E-state index in [-0.39, 0.29) is 24.8 Å². The van der Waals surface area contributed by atoms with Crippen LogP contribution in [0.4, 0.5) is 13.2 Å². The second kappa shape index (κ2) is 8.60. The van der Waals surface area contributed by atoms with Gasteiger partial charge in [-0.1, -0.05) is 30.3 Å². The number of carbonyl (C=O) groups is 1. The van der Waals surface area contributed by atoms with Crippen molar-refractivity contribution >= 4 is 5.91 Å². The number of likely N-dealkylation sites (tertiary alicyclic amines) is 1. The lowest BCUT2D eigenvalue weighted by molar-refractivity contribution is -0.141. The summed E-state index contributed by atoms with van der Waals surface area (Å²) in [7, 11) is 0. The van der Waals surface area contributed by atoms with Gasteiger partial charge in [0.25, 0.3) is 0 Å². The Morgan fingerprint density at radius 3 is 2.64 bits per heavy atom. The summed E-state index contributed by atoms with van der Waals surface area (Å²) in [6, 6.07) is 11.7. The molecule has 1 aliphatic rings. The molecule has 1 saturated heterocycles. The van der Waals surface area contributed by atoms with Gasteiger partial charge in [-0.3, -0.25) is 4.79 Å². The SMILES string of the molecule is NCc1cc(O[C@H]2CCCN(C(=O)Cc3ccccc3)C2)nc(C(F)(F)F)c1. The van der Waals surface area contributed by atoms with Crippen molar-refractivity contribution < 1.29 is 22.7 Å². The molecule has 0 saturated carbocycles. The van der Waals surface area contributed by atoms with E-state index in [0.29, 0.717) is 31.5 Å². The Labute approximate surface area is 161 Å². The van der Waals surface area contributed by atoms with Gasteiger partial charge in [-0.2, -0.15) is 13.2 Å². The fraction of sp³-hybridized carbons (Fsp3) is 0.400. The number of alkyl halides is 3. The van der Waals surface area contributed by atoms with Crippen LogP contribution < -0.4 is 10.5 Å². The van der Waals surface area contributed by atoms with Crippen molar-refractivity contribution in [2.24, 2.45) is 5.73 Å². The van der Waals surface area contributed by atoms with Crippen LogP contribution in [0.1, 0.15) is 29.7 Å². The molecule has 0 spiro atoms. The van der Waals surface area contributed by atoms with Crippen LogP contribution >= 0.6 is 0 Å². The largest absolute Gasteiger partial charge is 0.472 e. The molecule has 1 aromatic carbocycles. The lowest BCUT2D eigenvalue weighted by Gasteiger charge is -2.33. The maximum absolute atomic E-state index is 13.0. The second-order valence-electron chi connectivity index (χ2n) is 6.78. The fourth-order valence-corrected chi connectivity index (χ4v) is 3.20. The van der Waals surface area contributed by atoms with Gasteiger partial charge in [0.05, 0.1) is 13.0 Å². The third kappa shape index (κ3) is 5.22. The average Bonchev–Trinajstić information content (AvgIpc) is 2.68. The highest BCUT2D eigenvalue weighted by Gasteiger charge is 2.34. The Hall–Kier alpha value is -2.61. The summed E-state index contributed by atoms with van der Waals surface area (Å²) in [4.78, 5) is 17.8. The molecule has 2 aromatic rings. The number of hydrogen-bond donors (Lipinski definition) is 1. The van der Waals surface area contributed by atoms with E-state index in [1.54, 1.807) is 4.90 Å². The van der Waals surface area contributed by atoms with Crippen LogP contribution in [-0.4, -0.2) is 35.0 Å². The molecule has 1 aliphatic heterocycles. The lowest BCUT2D eigenvalue weighted by Crippen LogP contribution is -2.45. The monoisotopic (exact) mass is 393 g/mol. The molecule has 150 valence electrons. The van der Waals surface area contributed by atoms with Crippen molar-refractivity contribution in [3.05, 3.63) is 59.3 Å². The van der Waals surface area contributed by atoms with Gasteiger partial charge in [-0.25, -0.2) is 4.98 Å². The summed E-state index contributed by atoms with van der Waals surface area (Å²) >= 11 is 0. The number of carbonyl (C=O) groups excluding carboxylic acids is 1. The minimum atomic E-state index is -4.58. The Morgan fingerprint density at radius 2 is 1.96 bits per heavy atom. The van der Waals surface area contributed by atoms with Crippen LogP contribution in [0, 0.1) is 0 Å². The van der Waals surface area contributed by atoms with E-state index in [0.717, 1.165) is 11.6 Å². The molecule has 28 heavy (non-hydrogen) atoms. The number of piperidine rings is 1. The summed E-state index contributed by atoms with van der Waals surface area (Å²) in [5.74, 6) is -0.142. The first-order chi connectivity index (χ1) is 13.3. The van der Waals surface area contributed by atoms with E-state index in [4.69, 9.17) is 10.5 Å². The number of hydrogen-bond acceptors (Lipinski definition) is 4. The van der Waals surface area contributed by atoms with Crippen molar-refractivity contribution in [3.8, 4) is 5.88 Å². The van der Waals surface area contributed by atoms with Crippen LogP contribution in [0.3, 0.4) is 0 Å². The van der Waals surface area contributed by atoms with Gasteiger partial charge < -0.3 is 15.4 Å². The van der Waals surface area contributed by atoms with E-state index in [1.165, 1.54) is 6.07 Å². The molecule has 0 radical (unpaired) electrons. The number of benzene rings is 1. The molecule has 0 unspecified atom stereocenters. The topological polar surface area (TPSA) is 68.5 Å². The average molecular weight is 393 g/mol. The quantitative estimate of drug-likeness (QED) is 0.847. The number of aromatic nitrogens is 1. The zero-order chi connectivity index (χ0) is 20.1. The lowest BCUT2D eigenvalue weighted by atomic mass is 10.1. The molecule has 8 heteroatoms. The number of amides is 1. The van der Waals surface area contributed by atoms with Gasteiger partial charge in [0, 0.05) is 19.2 Å². The van der Waals surface area contributed by atoms with Gasteiger partial charge in [0.15, 0.2) is 0 Å². The Bertz CT molecular complexity index is 812. The molecule has 2 heterocycles. The zero-order valence-corrected chi connectivity index (χ0v) is 15.3. The highest BCUT2D eigenvalue weighted by Crippen LogP contribution is 2.30. The number of rotatable bonds is 5. The summed E-state index contributed by atoms with van der Waals surface area (Å²) in [6.45, 7) is 0.880. The number of nitrogens with zero attached hydrogens (tertiary/aromatic N) is 2. The summed E-state index contributed by atoms with van der Waals surface area (Å²) in [6.07, 6.45) is -3.34. The van der Waals surface area contributed by atoms with Gasteiger partial charge in [-0.05, 0) is 30.0 Å². The van der Waals surface area contributed by atoms with E-state index >= 15 is 0 Å². The zero-order valence-electron chi connectivity index (χ0n) is 15.3. The Kier molecular flexibility index (Phi) is 6.18. The van der Waals surface area contributed by atoms with Gasteiger partial charge in [0.1, 0.15) is 11.8 Å². The molecular weight excluding hydrogens is 371 g/mol. The van der Waals surface area contributed by atoms with E-state index in [1.807, 2.05) is 30.3 Å². The molecule has 0 bridgehead atoms. The van der Waals surface area contributed by atoms with Crippen LogP contribution in [0.5, 0.6) is 5.88 Å². The van der Waals surface area contributed by atoms with Crippen molar-refractivity contribution in [1.29, 1.82) is 0 Å². The predicted molar refractivity (Wildman–Crippen MR) is 97.5 cm³/mol. The molecule has 1 fully saturated rings. The first-order valence-corrected chi connectivity index (χ1v) is 9.11. The molecule has 1 amide bonds. The van der Waals surface area contributed by atoms with Gasteiger partial charge in [0.2, 0.25) is 11.8 Å². The third-order valence-corrected chi connectivity index (χ3v) is 4.60. The van der Waals surface area contributed by atoms with Crippen LogP contribution in [0.15, 0.2) is 42.5 Å². The smallest absolute Gasteiger partial charge is 0.433 e. The molecule has 1 atom stereocenters. The van der Waals surface area contributed by atoms with E-state index in [2.05, 4.69) is 4.98 Å². The van der Waals surface area contributed by atoms with Crippen LogP contribution in [0.25, 0.3) is 0 Å². The van der Waals surface area contributed by atoms with Crippen LogP contribution in [-0.2, 0) is 23.9 Å². The van der Waals surface area contributed by atoms with Crippen molar-refractivity contribution in [1.82, 2.24) is 9.88 Å². The minimum absolute atomic E-state index is 0.0286. The highest BCUT2D eigenvalue weighted by atomic mass is 19.4. The molecule has 0 aliphatic carbocycles. The second-order valence-corrected chi connectivity index (χ2v) is 6.78. The van der Waals surface area contributed by atoms with Gasteiger partial charge in [-0.15, -0.1) is 0 Å². The Morgan fingerprint density at radius 1 is 1.21 bits per heavy atom. The summed E-state index contributed by atoms with van der Waals surface area (Å²) in [5.41, 5.74) is 5.68. The van der Waals surface area contributed by atoms with E-state index in [9.17, 15) is 18.0 Å². The fourth-order valence-electron chi connectivity index (χ4n) is 3.20. The molecule has 1 aromatic heterocycles. The Balaban J connectivity index is 1.67. The molecule has 5 nitrogen and oxygen atoms in total. The third-order valence-electron chi connectivity index (χ3n) is 4.60. The molecule has 3 rings (SSSR count). The van der Waals surface area contributed by atoms with Crippen molar-refractivity contribution in [2.45, 2.75) is 38.1 Å². The summed E-state index contributed by atoms with van der Waals surface area (Å²) in [5, 5.41) is 0. The first-order valence-electron chi connectivity index (χ1n) is 9.11. The number of pyridine rings is 1. The van der Waals surface area contributed by atoms with Crippen LogP contribution in [0.2, 0.25) is 0 Å².